The third-order valence-electron chi connectivity index (χ3n) is 2.73. The number of halogens is 1. The number of hydrogen-bond donors (Lipinski definition) is 1. The van der Waals surface area contributed by atoms with Crippen LogP contribution >= 0.6 is 15.9 Å². The van der Waals surface area contributed by atoms with Gasteiger partial charge in [0, 0.05) is 10.7 Å². The molecule has 0 saturated heterocycles. The number of rotatable bonds is 1. The number of hydrogen-bond acceptors (Lipinski definition) is 4. The molecule has 5 nitrogen and oxygen atoms in total. The minimum absolute atomic E-state index is 0.124. The van der Waals surface area contributed by atoms with Gasteiger partial charge in [-0.3, -0.25) is 4.79 Å². The van der Waals surface area contributed by atoms with E-state index < -0.39 is 0 Å². The lowest BCUT2D eigenvalue weighted by molar-refractivity contribution is 0.937. The summed E-state index contributed by atoms with van der Waals surface area (Å²) in [6, 6.07) is 10.6. The minimum atomic E-state index is -0.234. The van der Waals surface area contributed by atoms with Crippen LogP contribution in [0.15, 0.2) is 51.9 Å². The van der Waals surface area contributed by atoms with Gasteiger partial charge in [-0.2, -0.15) is 0 Å². The van der Waals surface area contributed by atoms with E-state index >= 15 is 0 Å². The summed E-state index contributed by atoms with van der Waals surface area (Å²) in [6.07, 6.45) is 1.60. The normalized spacial score (nSPS) is 10.8. The Labute approximate surface area is 116 Å². The Balaban J connectivity index is 2.41. The summed E-state index contributed by atoms with van der Waals surface area (Å²) in [5.41, 5.74) is 6.19. The van der Waals surface area contributed by atoms with Crippen molar-refractivity contribution >= 4 is 32.8 Å². The van der Waals surface area contributed by atoms with Crippen LogP contribution in [-0.4, -0.2) is 14.5 Å². The lowest BCUT2D eigenvalue weighted by atomic mass is 10.2. The van der Waals surface area contributed by atoms with E-state index in [2.05, 4.69) is 25.9 Å². The van der Waals surface area contributed by atoms with E-state index in [4.69, 9.17) is 5.73 Å². The van der Waals surface area contributed by atoms with E-state index in [1.807, 2.05) is 6.07 Å². The first-order valence-electron chi connectivity index (χ1n) is 5.56. The number of nitrogens with zero attached hydrogens (tertiary/aromatic N) is 3. The Kier molecular flexibility index (Phi) is 2.79. The zero-order chi connectivity index (χ0) is 13.4. The zero-order valence-electron chi connectivity index (χ0n) is 9.75. The van der Waals surface area contributed by atoms with E-state index in [-0.39, 0.29) is 11.5 Å². The lowest BCUT2D eigenvalue weighted by Crippen LogP contribution is -2.23. The smallest absolute Gasteiger partial charge is 0.268 e. The van der Waals surface area contributed by atoms with E-state index in [9.17, 15) is 4.79 Å². The highest BCUT2D eigenvalue weighted by atomic mass is 79.9. The quantitative estimate of drug-likeness (QED) is 0.746. The monoisotopic (exact) mass is 316 g/mol. The van der Waals surface area contributed by atoms with Gasteiger partial charge < -0.3 is 5.73 Å². The number of nitrogen functional groups attached to an aromatic ring is 1. The van der Waals surface area contributed by atoms with Crippen molar-refractivity contribution in [2.45, 2.75) is 0 Å². The molecule has 94 valence electrons. The molecule has 6 heteroatoms. The average molecular weight is 317 g/mol. The number of anilines is 1. The Morgan fingerprint density at radius 2 is 2.05 bits per heavy atom. The second kappa shape index (κ2) is 4.47. The molecule has 0 fully saturated rings. The summed E-state index contributed by atoms with van der Waals surface area (Å²) >= 11 is 3.34. The van der Waals surface area contributed by atoms with Gasteiger partial charge in [0.25, 0.3) is 5.56 Å². The molecule has 0 amide bonds. The van der Waals surface area contributed by atoms with Gasteiger partial charge in [0.2, 0.25) is 5.95 Å². The summed E-state index contributed by atoms with van der Waals surface area (Å²) in [7, 11) is 0. The maximum absolute atomic E-state index is 12.5. The van der Waals surface area contributed by atoms with Crippen molar-refractivity contribution in [3.63, 3.8) is 0 Å². The molecular formula is C13H9BrN4O. The van der Waals surface area contributed by atoms with Crippen molar-refractivity contribution in [3.05, 3.63) is 57.4 Å². The molecule has 0 saturated carbocycles. The molecule has 19 heavy (non-hydrogen) atoms. The van der Waals surface area contributed by atoms with Gasteiger partial charge in [0.15, 0.2) is 0 Å². The average Bonchev–Trinajstić information content (AvgIpc) is 2.41. The fourth-order valence-electron chi connectivity index (χ4n) is 1.88. The van der Waals surface area contributed by atoms with E-state index in [1.54, 1.807) is 36.5 Å². The molecule has 0 aliphatic heterocycles. The molecule has 0 aliphatic rings. The predicted molar refractivity (Wildman–Crippen MR) is 77.2 cm³/mol. The molecule has 0 bridgehead atoms. The highest BCUT2D eigenvalue weighted by molar-refractivity contribution is 9.10. The van der Waals surface area contributed by atoms with Crippen molar-refractivity contribution in [1.29, 1.82) is 0 Å². The van der Waals surface area contributed by atoms with Crippen LogP contribution in [0, 0.1) is 0 Å². The zero-order valence-corrected chi connectivity index (χ0v) is 11.3. The molecular weight excluding hydrogens is 308 g/mol. The van der Waals surface area contributed by atoms with Crippen molar-refractivity contribution in [1.82, 2.24) is 14.5 Å². The molecule has 3 rings (SSSR count). The summed E-state index contributed by atoms with van der Waals surface area (Å²) in [5.74, 6) is 0.581. The topological polar surface area (TPSA) is 73.8 Å². The summed E-state index contributed by atoms with van der Waals surface area (Å²) in [6.45, 7) is 0. The molecule has 2 N–H and O–H groups in total. The van der Waals surface area contributed by atoms with Crippen LogP contribution in [0.4, 0.5) is 5.95 Å². The predicted octanol–water partition coefficient (Wildman–Crippen LogP) is 2.13. The SMILES string of the molecule is Nc1nc2ccc(Br)cc2c(=O)n1-c1ccccn1. The molecule has 0 spiro atoms. The second-order valence-corrected chi connectivity index (χ2v) is 4.88. The Morgan fingerprint density at radius 1 is 1.21 bits per heavy atom. The fourth-order valence-corrected chi connectivity index (χ4v) is 2.24. The number of fused-ring (bicyclic) bond motifs is 1. The van der Waals surface area contributed by atoms with E-state index in [1.165, 1.54) is 4.57 Å². The Morgan fingerprint density at radius 3 is 2.79 bits per heavy atom. The maximum atomic E-state index is 12.5. The number of benzene rings is 1. The first-order chi connectivity index (χ1) is 9.16. The Bertz CT molecular complexity index is 814. The molecule has 0 atom stereocenters. The van der Waals surface area contributed by atoms with Crippen LogP contribution < -0.4 is 11.3 Å². The van der Waals surface area contributed by atoms with Crippen LogP contribution in [0.2, 0.25) is 0 Å². The highest BCUT2D eigenvalue weighted by Crippen LogP contribution is 2.17. The van der Waals surface area contributed by atoms with Gasteiger partial charge in [-0.05, 0) is 30.3 Å². The molecule has 3 aromatic rings. The van der Waals surface area contributed by atoms with Gasteiger partial charge in [0.1, 0.15) is 5.82 Å². The largest absolute Gasteiger partial charge is 0.369 e. The van der Waals surface area contributed by atoms with Gasteiger partial charge in [-0.1, -0.05) is 22.0 Å². The van der Waals surface area contributed by atoms with Gasteiger partial charge in [-0.25, -0.2) is 14.5 Å². The lowest BCUT2D eigenvalue weighted by Gasteiger charge is -2.09. The van der Waals surface area contributed by atoms with Crippen molar-refractivity contribution < 1.29 is 0 Å². The molecule has 0 aliphatic carbocycles. The van der Waals surface area contributed by atoms with Crippen molar-refractivity contribution in [3.8, 4) is 5.82 Å². The molecule has 0 unspecified atom stereocenters. The summed E-state index contributed by atoms with van der Waals surface area (Å²) < 4.78 is 2.12. The van der Waals surface area contributed by atoms with Crippen LogP contribution in [-0.2, 0) is 0 Å². The van der Waals surface area contributed by atoms with E-state index in [0.29, 0.717) is 16.7 Å². The van der Waals surface area contributed by atoms with Gasteiger partial charge >= 0.3 is 0 Å². The van der Waals surface area contributed by atoms with Gasteiger partial charge in [0.05, 0.1) is 10.9 Å². The van der Waals surface area contributed by atoms with Crippen molar-refractivity contribution in [2.24, 2.45) is 0 Å². The van der Waals surface area contributed by atoms with E-state index in [0.717, 1.165) is 4.47 Å². The third-order valence-corrected chi connectivity index (χ3v) is 3.23. The van der Waals surface area contributed by atoms with Crippen LogP contribution in [0.5, 0.6) is 0 Å². The van der Waals surface area contributed by atoms with Crippen molar-refractivity contribution in [2.75, 3.05) is 5.73 Å². The fraction of sp³-hybridized carbons (Fsp3) is 0. The third kappa shape index (κ3) is 2.00. The molecule has 1 aromatic carbocycles. The second-order valence-electron chi connectivity index (χ2n) is 3.96. The number of nitrogens with two attached hydrogens (primary N) is 1. The summed E-state index contributed by atoms with van der Waals surface area (Å²) in [4.78, 5) is 20.8. The Hall–Kier alpha value is -2.21. The van der Waals surface area contributed by atoms with Gasteiger partial charge in [-0.15, -0.1) is 0 Å². The number of pyridine rings is 1. The molecule has 2 heterocycles. The van der Waals surface area contributed by atoms with Crippen LogP contribution in [0.1, 0.15) is 0 Å². The molecule has 0 radical (unpaired) electrons. The maximum Gasteiger partial charge on any atom is 0.268 e. The summed E-state index contributed by atoms with van der Waals surface area (Å²) in [5, 5.41) is 0.495. The first-order valence-corrected chi connectivity index (χ1v) is 6.35. The van der Waals surface area contributed by atoms with Crippen LogP contribution in [0.25, 0.3) is 16.7 Å². The van der Waals surface area contributed by atoms with Crippen LogP contribution in [0.3, 0.4) is 0 Å². The minimum Gasteiger partial charge on any atom is -0.369 e. The number of aromatic nitrogens is 3. The highest BCUT2D eigenvalue weighted by Gasteiger charge is 2.11. The molecule has 2 aromatic heterocycles. The standard InChI is InChI=1S/C13H9BrN4O/c14-8-4-5-10-9(7-8)12(19)18(13(15)17-10)11-3-1-2-6-16-11/h1-7H,(H2,15,17). The first kappa shape index (κ1) is 11.9.